The molecule has 162 valence electrons. The minimum Gasteiger partial charge on any atom is -0.496 e. The second kappa shape index (κ2) is 9.49. The van der Waals surface area contributed by atoms with E-state index in [1.807, 2.05) is 0 Å². The number of anilines is 1. The lowest BCUT2D eigenvalue weighted by molar-refractivity contribution is -0.129. The van der Waals surface area contributed by atoms with Crippen LogP contribution in [0.1, 0.15) is 24.2 Å². The topological polar surface area (TPSA) is 92.8 Å². The van der Waals surface area contributed by atoms with Gasteiger partial charge in [0.1, 0.15) is 5.75 Å². The minimum absolute atomic E-state index is 0. The van der Waals surface area contributed by atoms with Crippen LogP contribution in [0.4, 0.5) is 5.69 Å². The van der Waals surface area contributed by atoms with Crippen molar-refractivity contribution in [3.05, 3.63) is 53.1 Å². The molecule has 0 bridgehead atoms. The molecule has 1 heterocycles. The number of rotatable bonds is 6. The second-order valence-electron chi connectivity index (χ2n) is 6.82. The van der Waals surface area contributed by atoms with Crippen LogP contribution < -0.4 is 10.1 Å². The van der Waals surface area contributed by atoms with Crippen LogP contribution in [0, 0.1) is 5.92 Å². The standard InChI is InChI=1S/C20H21ClN2O5S.CH4/c1-23-10-9-13(20(23)25)12-29(26,27)14-7-8-18(28-2)15(11-14)19(24)22-17-6-4-3-5-16(17)21;/h3-8,11,13H,9-10,12H2,1-2H3,(H,22,24);1H4/t13-;/m1./s1. The first-order valence-electron chi connectivity index (χ1n) is 8.94. The monoisotopic (exact) mass is 452 g/mol. The van der Waals surface area contributed by atoms with Gasteiger partial charge in [0.25, 0.3) is 5.91 Å². The third-order valence-corrected chi connectivity index (χ3v) is 7.00. The van der Waals surface area contributed by atoms with Crippen molar-refractivity contribution in [2.24, 2.45) is 5.92 Å². The maximum atomic E-state index is 12.9. The molecule has 30 heavy (non-hydrogen) atoms. The highest BCUT2D eigenvalue weighted by Crippen LogP contribution is 2.28. The molecule has 1 N–H and O–H groups in total. The molecule has 2 aromatic rings. The summed E-state index contributed by atoms with van der Waals surface area (Å²) in [7, 11) is -0.727. The number of para-hydroxylation sites is 1. The summed E-state index contributed by atoms with van der Waals surface area (Å²) in [6.45, 7) is 0.535. The Balaban J connectivity index is 0.00000320. The van der Waals surface area contributed by atoms with Crippen LogP contribution in [0.15, 0.2) is 47.4 Å². The van der Waals surface area contributed by atoms with Crippen molar-refractivity contribution in [3.8, 4) is 5.75 Å². The van der Waals surface area contributed by atoms with Gasteiger partial charge in [0.2, 0.25) is 5.91 Å². The maximum absolute atomic E-state index is 12.9. The Morgan fingerprint density at radius 3 is 2.57 bits per heavy atom. The van der Waals surface area contributed by atoms with Crippen molar-refractivity contribution in [2.45, 2.75) is 18.7 Å². The molecule has 7 nitrogen and oxygen atoms in total. The first-order chi connectivity index (χ1) is 13.7. The number of carbonyl (C=O) groups is 2. The van der Waals surface area contributed by atoms with Gasteiger partial charge < -0.3 is 15.0 Å². The predicted octanol–water partition coefficient (Wildman–Crippen LogP) is 3.49. The zero-order valence-electron chi connectivity index (χ0n) is 16.0. The largest absolute Gasteiger partial charge is 0.496 e. The van der Waals surface area contributed by atoms with E-state index < -0.39 is 21.7 Å². The van der Waals surface area contributed by atoms with Gasteiger partial charge in [-0.15, -0.1) is 0 Å². The first-order valence-corrected chi connectivity index (χ1v) is 11.0. The van der Waals surface area contributed by atoms with Crippen LogP contribution in [0.25, 0.3) is 0 Å². The van der Waals surface area contributed by atoms with E-state index in [0.717, 1.165) is 0 Å². The van der Waals surface area contributed by atoms with Gasteiger partial charge in [-0.1, -0.05) is 31.2 Å². The number of halogens is 1. The van der Waals surface area contributed by atoms with Gasteiger partial charge in [0.15, 0.2) is 9.84 Å². The van der Waals surface area contributed by atoms with E-state index in [1.54, 1.807) is 31.3 Å². The third kappa shape index (κ3) is 4.94. The Kier molecular flexibility index (Phi) is 7.49. The summed E-state index contributed by atoms with van der Waals surface area (Å²) in [6.07, 6.45) is 0.491. The highest BCUT2D eigenvalue weighted by Gasteiger charge is 2.34. The Morgan fingerprint density at radius 2 is 1.97 bits per heavy atom. The van der Waals surface area contributed by atoms with E-state index in [2.05, 4.69) is 5.32 Å². The number of amides is 2. The lowest BCUT2D eigenvalue weighted by Crippen LogP contribution is -2.27. The molecule has 3 rings (SSSR count). The van der Waals surface area contributed by atoms with E-state index in [1.165, 1.54) is 30.2 Å². The van der Waals surface area contributed by atoms with E-state index in [4.69, 9.17) is 16.3 Å². The Bertz CT molecular complexity index is 1060. The SMILES string of the molecule is C.COc1ccc(S(=O)(=O)C[C@H]2CCN(C)C2=O)cc1C(=O)Nc1ccccc1Cl. The average Bonchev–Trinajstić information content (AvgIpc) is 3.00. The summed E-state index contributed by atoms with van der Waals surface area (Å²) in [5, 5.41) is 3.01. The molecule has 1 fully saturated rings. The first kappa shape index (κ1) is 23.7. The van der Waals surface area contributed by atoms with Crippen molar-refractivity contribution in [1.29, 1.82) is 0 Å². The summed E-state index contributed by atoms with van der Waals surface area (Å²) in [5.74, 6) is -1.38. The van der Waals surface area contributed by atoms with Crippen LogP contribution in [-0.4, -0.2) is 51.6 Å². The highest BCUT2D eigenvalue weighted by molar-refractivity contribution is 7.91. The van der Waals surface area contributed by atoms with Crippen molar-refractivity contribution < 1.29 is 22.7 Å². The van der Waals surface area contributed by atoms with Gasteiger partial charge in [0.05, 0.1) is 39.9 Å². The number of sulfone groups is 1. The van der Waals surface area contributed by atoms with E-state index in [0.29, 0.717) is 23.7 Å². The number of benzene rings is 2. The smallest absolute Gasteiger partial charge is 0.259 e. The molecule has 0 aromatic heterocycles. The molecule has 0 spiro atoms. The number of nitrogens with zero attached hydrogens (tertiary/aromatic N) is 1. The molecule has 1 atom stereocenters. The van der Waals surface area contributed by atoms with Crippen LogP contribution in [0.5, 0.6) is 5.75 Å². The Labute approximate surface area is 181 Å². The van der Waals surface area contributed by atoms with Crippen molar-refractivity contribution in [3.63, 3.8) is 0 Å². The fourth-order valence-corrected chi connectivity index (χ4v) is 5.01. The number of hydrogen-bond donors (Lipinski definition) is 1. The highest BCUT2D eigenvalue weighted by atomic mass is 35.5. The molecular formula is C21H25ClN2O5S. The van der Waals surface area contributed by atoms with E-state index in [9.17, 15) is 18.0 Å². The van der Waals surface area contributed by atoms with Crippen molar-refractivity contribution in [1.82, 2.24) is 4.90 Å². The zero-order chi connectivity index (χ0) is 21.2. The number of likely N-dealkylation sites (tertiary alicyclic amines) is 1. The van der Waals surface area contributed by atoms with Gasteiger partial charge in [-0.25, -0.2) is 8.42 Å². The Morgan fingerprint density at radius 1 is 1.27 bits per heavy atom. The summed E-state index contributed by atoms with van der Waals surface area (Å²) in [6, 6.07) is 10.8. The molecule has 0 saturated carbocycles. The van der Waals surface area contributed by atoms with Crippen LogP contribution >= 0.6 is 11.6 Å². The number of nitrogens with one attached hydrogen (secondary N) is 1. The fraction of sp³-hybridized carbons (Fsp3) is 0.333. The lowest BCUT2D eigenvalue weighted by Gasteiger charge is -2.14. The van der Waals surface area contributed by atoms with Crippen LogP contribution in [0.2, 0.25) is 5.02 Å². The fourth-order valence-electron chi connectivity index (χ4n) is 3.22. The van der Waals surface area contributed by atoms with Gasteiger partial charge >= 0.3 is 0 Å². The molecule has 1 saturated heterocycles. The molecular weight excluding hydrogens is 428 g/mol. The van der Waals surface area contributed by atoms with Crippen molar-refractivity contribution in [2.75, 3.05) is 31.8 Å². The summed E-state index contributed by atoms with van der Waals surface area (Å²) in [4.78, 5) is 26.3. The molecule has 1 aliphatic heterocycles. The van der Waals surface area contributed by atoms with E-state index in [-0.39, 0.29) is 35.3 Å². The molecule has 0 radical (unpaired) electrons. The zero-order valence-corrected chi connectivity index (χ0v) is 17.6. The average molecular weight is 453 g/mol. The quantitative estimate of drug-likeness (QED) is 0.724. The third-order valence-electron chi connectivity index (χ3n) is 4.86. The lowest BCUT2D eigenvalue weighted by atomic mass is 10.1. The molecule has 9 heteroatoms. The Hall–Kier alpha value is -2.58. The number of methoxy groups -OCH3 is 1. The number of ether oxygens (including phenoxy) is 1. The maximum Gasteiger partial charge on any atom is 0.259 e. The number of hydrogen-bond acceptors (Lipinski definition) is 5. The number of carbonyl (C=O) groups excluding carboxylic acids is 2. The summed E-state index contributed by atoms with van der Waals surface area (Å²) >= 11 is 6.08. The second-order valence-corrected chi connectivity index (χ2v) is 9.26. The summed E-state index contributed by atoms with van der Waals surface area (Å²) in [5.41, 5.74) is 0.456. The van der Waals surface area contributed by atoms with Crippen LogP contribution in [0.3, 0.4) is 0 Å². The van der Waals surface area contributed by atoms with Gasteiger partial charge in [0, 0.05) is 13.6 Å². The molecule has 2 aromatic carbocycles. The van der Waals surface area contributed by atoms with Crippen LogP contribution in [-0.2, 0) is 14.6 Å². The minimum atomic E-state index is -3.77. The van der Waals surface area contributed by atoms with E-state index >= 15 is 0 Å². The van der Waals surface area contributed by atoms with Gasteiger partial charge in [-0.3, -0.25) is 9.59 Å². The predicted molar refractivity (Wildman–Crippen MR) is 117 cm³/mol. The molecule has 0 aliphatic carbocycles. The van der Waals surface area contributed by atoms with Gasteiger partial charge in [-0.2, -0.15) is 0 Å². The normalized spacial score (nSPS) is 16.2. The van der Waals surface area contributed by atoms with Gasteiger partial charge in [-0.05, 0) is 36.8 Å². The molecule has 1 aliphatic rings. The summed E-state index contributed by atoms with van der Waals surface area (Å²) < 4.78 is 30.9. The molecule has 0 unspecified atom stereocenters. The van der Waals surface area contributed by atoms with Crippen molar-refractivity contribution >= 4 is 38.9 Å². The molecule has 2 amide bonds.